The molecule has 0 radical (unpaired) electrons. The Hall–Kier alpha value is -1.81. The van der Waals surface area contributed by atoms with Gasteiger partial charge in [0, 0.05) is 10.6 Å². The molecule has 0 bridgehead atoms. The number of nitrogens with zero attached hydrogens (tertiary/aromatic N) is 2. The van der Waals surface area contributed by atoms with E-state index in [0.717, 1.165) is 11.2 Å². The van der Waals surface area contributed by atoms with Crippen LogP contribution in [-0.4, -0.2) is 9.55 Å². The highest BCUT2D eigenvalue weighted by atomic mass is 32.1. The molecule has 19 heavy (non-hydrogen) atoms. The fraction of sp³-hybridized carbons (Fsp3) is 0.267. The van der Waals surface area contributed by atoms with Crippen LogP contribution in [0.5, 0.6) is 0 Å². The molecule has 1 atom stereocenters. The quantitative estimate of drug-likeness (QED) is 0.686. The van der Waals surface area contributed by atoms with Crippen molar-refractivity contribution in [2.24, 2.45) is 0 Å². The molecule has 2 heterocycles. The molecule has 0 amide bonds. The zero-order chi connectivity index (χ0) is 12.8. The van der Waals surface area contributed by atoms with Crippen molar-refractivity contribution in [3.63, 3.8) is 0 Å². The van der Waals surface area contributed by atoms with E-state index < -0.39 is 0 Å². The lowest BCUT2D eigenvalue weighted by molar-refractivity contribution is 0.505. The number of benzene rings is 1. The van der Waals surface area contributed by atoms with Gasteiger partial charge in [0.05, 0.1) is 23.4 Å². The number of nitrogens with two attached hydrogens (primary N) is 1. The predicted molar refractivity (Wildman–Crippen MR) is 79.5 cm³/mol. The van der Waals surface area contributed by atoms with E-state index in [2.05, 4.69) is 27.1 Å². The van der Waals surface area contributed by atoms with E-state index in [1.54, 1.807) is 0 Å². The van der Waals surface area contributed by atoms with Gasteiger partial charge in [-0.1, -0.05) is 0 Å². The maximum absolute atomic E-state index is 5.82. The van der Waals surface area contributed by atoms with E-state index in [9.17, 15) is 0 Å². The van der Waals surface area contributed by atoms with Crippen LogP contribution in [0.25, 0.3) is 11.0 Å². The molecule has 0 fully saturated rings. The van der Waals surface area contributed by atoms with Crippen LogP contribution in [0.1, 0.15) is 29.3 Å². The number of imidazole rings is 1. The van der Waals surface area contributed by atoms with Gasteiger partial charge in [-0.3, -0.25) is 0 Å². The minimum Gasteiger partial charge on any atom is -0.399 e. The van der Waals surface area contributed by atoms with Crippen LogP contribution in [0.15, 0.2) is 36.0 Å². The number of fused-ring (bicyclic) bond motifs is 2. The van der Waals surface area contributed by atoms with Gasteiger partial charge in [-0.05, 0) is 54.5 Å². The van der Waals surface area contributed by atoms with E-state index in [-0.39, 0.29) is 0 Å². The van der Waals surface area contributed by atoms with E-state index in [1.165, 1.54) is 35.2 Å². The number of hydrogen-bond acceptors (Lipinski definition) is 3. The molecule has 3 aromatic rings. The van der Waals surface area contributed by atoms with E-state index in [0.29, 0.717) is 6.04 Å². The molecule has 2 N–H and O–H groups in total. The number of nitrogen functional groups attached to an aromatic ring is 1. The van der Waals surface area contributed by atoms with Crippen molar-refractivity contribution in [1.82, 2.24) is 9.55 Å². The Kier molecular flexibility index (Phi) is 2.38. The molecule has 3 nitrogen and oxygen atoms in total. The summed E-state index contributed by atoms with van der Waals surface area (Å²) in [5.74, 6) is 0. The van der Waals surface area contributed by atoms with Crippen molar-refractivity contribution in [2.45, 2.75) is 25.3 Å². The van der Waals surface area contributed by atoms with Crippen LogP contribution in [0.2, 0.25) is 0 Å². The first kappa shape index (κ1) is 11.1. The van der Waals surface area contributed by atoms with Crippen molar-refractivity contribution < 1.29 is 0 Å². The average molecular weight is 269 g/mol. The lowest BCUT2D eigenvalue weighted by Crippen LogP contribution is -2.14. The molecular weight excluding hydrogens is 254 g/mol. The topological polar surface area (TPSA) is 43.8 Å². The number of rotatable bonds is 1. The molecule has 1 aliphatic carbocycles. The minimum absolute atomic E-state index is 0.434. The molecule has 4 rings (SSSR count). The molecular formula is C15H15N3S. The SMILES string of the molecule is Nc1ccc2c(c1)ncn2C1CCCc2sccc21. The lowest BCUT2D eigenvalue weighted by atomic mass is 9.94. The molecule has 1 aliphatic rings. The summed E-state index contributed by atoms with van der Waals surface area (Å²) in [5.41, 5.74) is 10.2. The maximum Gasteiger partial charge on any atom is 0.0964 e. The van der Waals surface area contributed by atoms with Crippen LogP contribution < -0.4 is 5.73 Å². The fourth-order valence-corrected chi connectivity index (χ4v) is 4.03. The monoisotopic (exact) mass is 269 g/mol. The molecule has 4 heteroatoms. The second kappa shape index (κ2) is 4.10. The van der Waals surface area contributed by atoms with Gasteiger partial charge >= 0.3 is 0 Å². The third kappa shape index (κ3) is 1.67. The zero-order valence-corrected chi connectivity index (χ0v) is 11.4. The molecule has 1 unspecified atom stereocenters. The number of aryl methyl sites for hydroxylation is 1. The van der Waals surface area contributed by atoms with Crippen LogP contribution in [0.3, 0.4) is 0 Å². The van der Waals surface area contributed by atoms with Crippen LogP contribution >= 0.6 is 11.3 Å². The minimum atomic E-state index is 0.434. The van der Waals surface area contributed by atoms with Crippen LogP contribution in [0, 0.1) is 0 Å². The van der Waals surface area contributed by atoms with Crippen LogP contribution in [0.4, 0.5) is 5.69 Å². The van der Waals surface area contributed by atoms with Gasteiger partial charge in [0.2, 0.25) is 0 Å². The summed E-state index contributed by atoms with van der Waals surface area (Å²) in [5, 5.41) is 2.21. The predicted octanol–water partition coefficient (Wildman–Crippen LogP) is 3.61. The van der Waals surface area contributed by atoms with Gasteiger partial charge in [-0.15, -0.1) is 11.3 Å². The van der Waals surface area contributed by atoms with E-state index in [1.807, 2.05) is 29.8 Å². The molecule has 1 aromatic carbocycles. The van der Waals surface area contributed by atoms with E-state index in [4.69, 9.17) is 5.73 Å². The maximum atomic E-state index is 5.82. The summed E-state index contributed by atoms with van der Waals surface area (Å²) in [6.07, 6.45) is 5.64. The summed E-state index contributed by atoms with van der Waals surface area (Å²) in [4.78, 5) is 6.03. The largest absolute Gasteiger partial charge is 0.399 e. The molecule has 0 spiro atoms. The summed E-state index contributed by atoms with van der Waals surface area (Å²) >= 11 is 1.88. The fourth-order valence-electron chi connectivity index (χ4n) is 3.05. The Morgan fingerprint density at radius 1 is 1.32 bits per heavy atom. The number of hydrogen-bond donors (Lipinski definition) is 1. The summed E-state index contributed by atoms with van der Waals surface area (Å²) in [6, 6.07) is 8.69. The third-order valence-electron chi connectivity index (χ3n) is 3.95. The Labute approximate surface area is 115 Å². The van der Waals surface area contributed by atoms with E-state index >= 15 is 0 Å². The smallest absolute Gasteiger partial charge is 0.0964 e. The van der Waals surface area contributed by atoms with Gasteiger partial charge in [0.25, 0.3) is 0 Å². The highest BCUT2D eigenvalue weighted by molar-refractivity contribution is 7.10. The highest BCUT2D eigenvalue weighted by Gasteiger charge is 2.23. The normalized spacial score (nSPS) is 18.6. The Bertz CT molecular complexity index is 741. The van der Waals surface area contributed by atoms with Crippen molar-refractivity contribution >= 4 is 28.1 Å². The first-order chi connectivity index (χ1) is 9.33. The van der Waals surface area contributed by atoms with Gasteiger partial charge in [0.1, 0.15) is 0 Å². The lowest BCUT2D eigenvalue weighted by Gasteiger charge is -2.24. The highest BCUT2D eigenvalue weighted by Crippen LogP contribution is 2.37. The molecule has 0 aliphatic heterocycles. The third-order valence-corrected chi connectivity index (χ3v) is 4.95. The second-order valence-electron chi connectivity index (χ2n) is 5.11. The average Bonchev–Trinajstić information content (AvgIpc) is 3.03. The summed E-state index contributed by atoms with van der Waals surface area (Å²) < 4.78 is 2.31. The van der Waals surface area contributed by atoms with Gasteiger partial charge in [-0.25, -0.2) is 4.98 Å². The van der Waals surface area contributed by atoms with Crippen LogP contribution in [-0.2, 0) is 6.42 Å². The van der Waals surface area contributed by atoms with Crippen molar-refractivity contribution in [2.75, 3.05) is 5.73 Å². The number of anilines is 1. The number of aromatic nitrogens is 2. The second-order valence-corrected chi connectivity index (χ2v) is 6.11. The Morgan fingerprint density at radius 3 is 3.21 bits per heavy atom. The molecule has 0 saturated carbocycles. The van der Waals surface area contributed by atoms with Crippen molar-refractivity contribution in [1.29, 1.82) is 0 Å². The van der Waals surface area contributed by atoms with Crippen molar-refractivity contribution in [3.05, 3.63) is 46.4 Å². The van der Waals surface area contributed by atoms with Gasteiger partial charge in [0.15, 0.2) is 0 Å². The first-order valence-corrected chi connectivity index (χ1v) is 7.49. The Balaban J connectivity index is 1.88. The number of thiophene rings is 1. The van der Waals surface area contributed by atoms with Gasteiger partial charge in [-0.2, -0.15) is 0 Å². The zero-order valence-electron chi connectivity index (χ0n) is 10.5. The first-order valence-electron chi connectivity index (χ1n) is 6.61. The Morgan fingerprint density at radius 2 is 2.26 bits per heavy atom. The molecule has 2 aromatic heterocycles. The summed E-state index contributed by atoms with van der Waals surface area (Å²) in [6.45, 7) is 0. The van der Waals surface area contributed by atoms with Crippen molar-refractivity contribution in [3.8, 4) is 0 Å². The molecule has 0 saturated heterocycles. The molecule has 96 valence electrons. The van der Waals surface area contributed by atoms with Gasteiger partial charge < -0.3 is 10.3 Å². The standard InChI is InChI=1S/C15H15N3S/c16-10-4-5-14-12(8-10)17-9-18(14)13-2-1-3-15-11(13)6-7-19-15/h4-9,13H,1-3,16H2. The summed E-state index contributed by atoms with van der Waals surface area (Å²) in [7, 11) is 0.